The van der Waals surface area contributed by atoms with E-state index >= 15 is 0 Å². The summed E-state index contributed by atoms with van der Waals surface area (Å²) in [6.45, 7) is 4.42. The SMILES string of the molecule is CC(C)Cc1ccnn2ccnc12. The van der Waals surface area contributed by atoms with Crippen LogP contribution in [-0.4, -0.2) is 14.6 Å². The summed E-state index contributed by atoms with van der Waals surface area (Å²) in [5.41, 5.74) is 2.26. The van der Waals surface area contributed by atoms with E-state index in [1.807, 2.05) is 23.0 Å². The van der Waals surface area contributed by atoms with E-state index in [-0.39, 0.29) is 0 Å². The van der Waals surface area contributed by atoms with Gasteiger partial charge in [-0.2, -0.15) is 5.10 Å². The van der Waals surface area contributed by atoms with Crippen molar-refractivity contribution in [1.82, 2.24) is 14.6 Å². The van der Waals surface area contributed by atoms with Gasteiger partial charge in [-0.05, 0) is 24.0 Å². The van der Waals surface area contributed by atoms with Crippen molar-refractivity contribution in [3.8, 4) is 0 Å². The molecule has 0 saturated carbocycles. The highest BCUT2D eigenvalue weighted by Crippen LogP contribution is 2.11. The van der Waals surface area contributed by atoms with Crippen LogP contribution >= 0.6 is 0 Å². The van der Waals surface area contributed by atoms with E-state index in [4.69, 9.17) is 0 Å². The number of hydrogen-bond acceptors (Lipinski definition) is 2. The lowest BCUT2D eigenvalue weighted by atomic mass is 10.1. The number of fused-ring (bicyclic) bond motifs is 1. The van der Waals surface area contributed by atoms with Crippen LogP contribution in [0.25, 0.3) is 5.65 Å². The molecule has 2 rings (SSSR count). The second-order valence-electron chi connectivity index (χ2n) is 3.65. The summed E-state index contributed by atoms with van der Waals surface area (Å²) in [6.07, 6.45) is 6.54. The van der Waals surface area contributed by atoms with Crippen molar-refractivity contribution >= 4 is 5.65 Å². The van der Waals surface area contributed by atoms with Gasteiger partial charge in [-0.25, -0.2) is 9.50 Å². The van der Waals surface area contributed by atoms with Crippen LogP contribution in [0.3, 0.4) is 0 Å². The molecule has 0 saturated heterocycles. The molecule has 0 aliphatic rings. The van der Waals surface area contributed by atoms with Crippen LogP contribution in [0.4, 0.5) is 0 Å². The van der Waals surface area contributed by atoms with Crippen molar-refractivity contribution in [1.29, 1.82) is 0 Å². The third kappa shape index (κ3) is 1.54. The molecular weight excluding hydrogens is 162 g/mol. The van der Waals surface area contributed by atoms with Crippen LogP contribution < -0.4 is 0 Å². The maximum atomic E-state index is 4.27. The minimum Gasteiger partial charge on any atom is -0.235 e. The van der Waals surface area contributed by atoms with Crippen LogP contribution in [0.5, 0.6) is 0 Å². The Kier molecular flexibility index (Phi) is 2.00. The first-order valence-corrected chi connectivity index (χ1v) is 4.54. The van der Waals surface area contributed by atoms with Gasteiger partial charge >= 0.3 is 0 Å². The zero-order valence-electron chi connectivity index (χ0n) is 7.94. The van der Waals surface area contributed by atoms with E-state index in [0.29, 0.717) is 5.92 Å². The molecule has 0 unspecified atom stereocenters. The number of aromatic nitrogens is 3. The Bertz CT molecular complexity index is 403. The Balaban J connectivity index is 2.48. The molecule has 0 spiro atoms. The molecule has 0 aliphatic carbocycles. The Morgan fingerprint density at radius 1 is 1.38 bits per heavy atom. The number of hydrogen-bond donors (Lipinski definition) is 0. The van der Waals surface area contributed by atoms with Crippen molar-refractivity contribution < 1.29 is 0 Å². The predicted molar refractivity (Wildman–Crippen MR) is 51.5 cm³/mol. The van der Waals surface area contributed by atoms with Crippen LogP contribution in [0.15, 0.2) is 24.7 Å². The summed E-state index contributed by atoms with van der Waals surface area (Å²) < 4.78 is 1.82. The summed E-state index contributed by atoms with van der Waals surface area (Å²) in [7, 11) is 0. The molecule has 2 heterocycles. The summed E-state index contributed by atoms with van der Waals surface area (Å²) in [4.78, 5) is 4.27. The van der Waals surface area contributed by atoms with Gasteiger partial charge in [-0.15, -0.1) is 0 Å². The van der Waals surface area contributed by atoms with E-state index < -0.39 is 0 Å². The molecule has 0 atom stereocenters. The average molecular weight is 175 g/mol. The van der Waals surface area contributed by atoms with Gasteiger partial charge in [-0.3, -0.25) is 0 Å². The predicted octanol–water partition coefficient (Wildman–Crippen LogP) is 1.93. The highest BCUT2D eigenvalue weighted by molar-refractivity contribution is 5.45. The first-order valence-electron chi connectivity index (χ1n) is 4.54. The minimum absolute atomic E-state index is 0.655. The lowest BCUT2D eigenvalue weighted by molar-refractivity contribution is 0.645. The van der Waals surface area contributed by atoms with E-state index in [2.05, 4.69) is 23.9 Å². The van der Waals surface area contributed by atoms with Gasteiger partial charge in [0, 0.05) is 18.6 Å². The maximum absolute atomic E-state index is 4.27. The minimum atomic E-state index is 0.655. The van der Waals surface area contributed by atoms with Crippen molar-refractivity contribution in [3.05, 3.63) is 30.2 Å². The third-order valence-electron chi connectivity index (χ3n) is 2.00. The quantitative estimate of drug-likeness (QED) is 0.698. The van der Waals surface area contributed by atoms with E-state index in [9.17, 15) is 0 Å². The molecule has 0 N–H and O–H groups in total. The lowest BCUT2D eigenvalue weighted by Crippen LogP contribution is -1.99. The second-order valence-corrected chi connectivity index (χ2v) is 3.65. The molecule has 0 amide bonds. The van der Waals surface area contributed by atoms with Gasteiger partial charge in [0.25, 0.3) is 0 Å². The highest BCUT2D eigenvalue weighted by atomic mass is 15.2. The molecule has 3 heteroatoms. The van der Waals surface area contributed by atoms with E-state index in [1.54, 1.807) is 6.20 Å². The monoisotopic (exact) mass is 175 g/mol. The zero-order valence-corrected chi connectivity index (χ0v) is 7.94. The van der Waals surface area contributed by atoms with Crippen molar-refractivity contribution in [2.45, 2.75) is 20.3 Å². The van der Waals surface area contributed by atoms with Crippen molar-refractivity contribution in [2.24, 2.45) is 5.92 Å². The van der Waals surface area contributed by atoms with Crippen LogP contribution in [0, 0.1) is 5.92 Å². The summed E-state index contributed by atoms with van der Waals surface area (Å²) in [5.74, 6) is 0.655. The number of nitrogens with zero attached hydrogens (tertiary/aromatic N) is 3. The molecule has 13 heavy (non-hydrogen) atoms. The zero-order chi connectivity index (χ0) is 9.26. The Hall–Kier alpha value is -1.38. The van der Waals surface area contributed by atoms with E-state index in [1.165, 1.54) is 5.56 Å². The van der Waals surface area contributed by atoms with Gasteiger partial charge < -0.3 is 0 Å². The molecule has 2 aromatic heterocycles. The normalized spacial score (nSPS) is 11.3. The Morgan fingerprint density at radius 3 is 3.00 bits per heavy atom. The molecule has 0 bridgehead atoms. The number of imidazole rings is 1. The molecule has 0 fully saturated rings. The second kappa shape index (κ2) is 3.17. The molecule has 0 aliphatic heterocycles. The number of rotatable bonds is 2. The van der Waals surface area contributed by atoms with Gasteiger partial charge in [0.05, 0.1) is 0 Å². The molecule has 0 aromatic carbocycles. The fourth-order valence-electron chi connectivity index (χ4n) is 1.49. The fraction of sp³-hybridized carbons (Fsp3) is 0.400. The summed E-state index contributed by atoms with van der Waals surface area (Å²) in [5, 5.41) is 4.16. The van der Waals surface area contributed by atoms with Gasteiger partial charge in [0.2, 0.25) is 0 Å². The maximum Gasteiger partial charge on any atom is 0.156 e. The first kappa shape index (κ1) is 8.23. The smallest absolute Gasteiger partial charge is 0.156 e. The van der Waals surface area contributed by atoms with Crippen molar-refractivity contribution in [2.75, 3.05) is 0 Å². The molecule has 2 aromatic rings. The van der Waals surface area contributed by atoms with E-state index in [0.717, 1.165) is 12.1 Å². The summed E-state index contributed by atoms with van der Waals surface area (Å²) >= 11 is 0. The largest absolute Gasteiger partial charge is 0.235 e. The molecule has 68 valence electrons. The fourth-order valence-corrected chi connectivity index (χ4v) is 1.49. The Labute approximate surface area is 77.4 Å². The van der Waals surface area contributed by atoms with Crippen LogP contribution in [-0.2, 0) is 6.42 Å². The van der Waals surface area contributed by atoms with Crippen LogP contribution in [0.2, 0.25) is 0 Å². The third-order valence-corrected chi connectivity index (χ3v) is 2.00. The summed E-state index contributed by atoms with van der Waals surface area (Å²) in [6, 6.07) is 2.04. The van der Waals surface area contributed by atoms with Gasteiger partial charge in [-0.1, -0.05) is 13.8 Å². The van der Waals surface area contributed by atoms with Gasteiger partial charge in [0.15, 0.2) is 5.65 Å². The Morgan fingerprint density at radius 2 is 2.23 bits per heavy atom. The van der Waals surface area contributed by atoms with Crippen LogP contribution in [0.1, 0.15) is 19.4 Å². The topological polar surface area (TPSA) is 30.2 Å². The molecular formula is C10H13N3. The molecule has 3 nitrogen and oxygen atoms in total. The lowest BCUT2D eigenvalue weighted by Gasteiger charge is -2.04. The first-order chi connectivity index (χ1) is 6.27. The van der Waals surface area contributed by atoms with Crippen molar-refractivity contribution in [3.63, 3.8) is 0 Å². The average Bonchev–Trinajstić information content (AvgIpc) is 2.51. The highest BCUT2D eigenvalue weighted by Gasteiger charge is 2.04. The molecule has 0 radical (unpaired) electrons. The standard InChI is InChI=1S/C10H13N3/c1-8(2)7-9-3-4-12-13-6-5-11-10(9)13/h3-6,8H,7H2,1-2H3. The van der Waals surface area contributed by atoms with Gasteiger partial charge in [0.1, 0.15) is 0 Å².